The highest BCUT2D eigenvalue weighted by Crippen LogP contribution is 2.37. The fraction of sp³-hybridized carbons (Fsp3) is 0.409. The molecule has 4 rings (SSSR count). The van der Waals surface area contributed by atoms with E-state index in [-0.39, 0.29) is 28.2 Å². The maximum absolute atomic E-state index is 13.9. The number of anilines is 1. The van der Waals surface area contributed by atoms with E-state index >= 15 is 0 Å². The Morgan fingerprint density at radius 2 is 1.94 bits per heavy atom. The number of carbonyl (C=O) groups is 1. The molecule has 2 aliphatic heterocycles. The fourth-order valence-electron chi connectivity index (χ4n) is 3.90. The molecule has 1 amide bonds. The van der Waals surface area contributed by atoms with E-state index in [1.165, 1.54) is 38.4 Å². The van der Waals surface area contributed by atoms with Gasteiger partial charge in [-0.1, -0.05) is 0 Å². The van der Waals surface area contributed by atoms with Crippen molar-refractivity contribution in [2.75, 3.05) is 51.1 Å². The molecule has 172 valence electrons. The van der Waals surface area contributed by atoms with E-state index < -0.39 is 10.0 Å². The second-order valence-corrected chi connectivity index (χ2v) is 11.2. The number of nitrogens with zero attached hydrogens (tertiary/aromatic N) is 2. The van der Waals surface area contributed by atoms with Gasteiger partial charge < -0.3 is 15.0 Å². The van der Waals surface area contributed by atoms with Crippen molar-refractivity contribution in [1.82, 2.24) is 9.62 Å². The van der Waals surface area contributed by atoms with Crippen molar-refractivity contribution in [3.63, 3.8) is 0 Å². The summed E-state index contributed by atoms with van der Waals surface area (Å²) in [5, 5.41) is 3.02. The molecule has 0 aliphatic carbocycles. The number of carbonyl (C=O) groups excluding carboxylic acids is 1. The van der Waals surface area contributed by atoms with Crippen molar-refractivity contribution in [3.8, 4) is 0 Å². The first-order valence-electron chi connectivity index (χ1n) is 10.4. The molecular formula is C22H26FN3O4S2. The average Bonchev–Trinajstić information content (AvgIpc) is 2.79. The first kappa shape index (κ1) is 23.0. The quantitative estimate of drug-likeness (QED) is 0.711. The Balaban J connectivity index is 1.70. The van der Waals surface area contributed by atoms with E-state index in [9.17, 15) is 17.6 Å². The predicted octanol–water partition coefficient (Wildman–Crippen LogP) is 2.88. The highest BCUT2D eigenvalue weighted by atomic mass is 32.2. The molecule has 2 aromatic carbocycles. The third-order valence-electron chi connectivity index (χ3n) is 5.66. The summed E-state index contributed by atoms with van der Waals surface area (Å²) in [4.78, 5) is 16.5. The largest absolute Gasteiger partial charge is 0.378 e. The molecule has 0 bridgehead atoms. The number of sulfonamides is 1. The van der Waals surface area contributed by atoms with Crippen LogP contribution in [0.1, 0.15) is 28.4 Å². The molecule has 1 saturated heterocycles. The van der Waals surface area contributed by atoms with Crippen LogP contribution in [-0.4, -0.2) is 64.8 Å². The van der Waals surface area contributed by atoms with Gasteiger partial charge in [0.1, 0.15) is 5.82 Å². The van der Waals surface area contributed by atoms with Gasteiger partial charge in [-0.3, -0.25) is 4.79 Å². The number of halogens is 1. The lowest BCUT2D eigenvalue weighted by Crippen LogP contribution is -2.38. The zero-order chi connectivity index (χ0) is 22.9. The van der Waals surface area contributed by atoms with Crippen molar-refractivity contribution < 1.29 is 22.3 Å². The van der Waals surface area contributed by atoms with Crippen LogP contribution in [0.5, 0.6) is 0 Å². The summed E-state index contributed by atoms with van der Waals surface area (Å²) in [6.07, 6.45) is 0.662. The monoisotopic (exact) mass is 479 g/mol. The first-order chi connectivity index (χ1) is 15.3. The molecule has 1 N–H and O–H groups in total. The highest BCUT2D eigenvalue weighted by molar-refractivity contribution is 7.99. The molecule has 32 heavy (non-hydrogen) atoms. The van der Waals surface area contributed by atoms with Crippen molar-refractivity contribution in [3.05, 3.63) is 53.3 Å². The number of thioether (sulfide) groups is 1. The number of hydrogen-bond donors (Lipinski definition) is 1. The van der Waals surface area contributed by atoms with Gasteiger partial charge in [0.25, 0.3) is 5.91 Å². The molecule has 1 atom stereocenters. The number of fused-ring (bicyclic) bond motifs is 1. The van der Waals surface area contributed by atoms with Gasteiger partial charge in [0, 0.05) is 43.5 Å². The van der Waals surface area contributed by atoms with Crippen molar-refractivity contribution in [2.24, 2.45) is 0 Å². The van der Waals surface area contributed by atoms with E-state index in [0.29, 0.717) is 38.4 Å². The molecule has 2 aliphatic rings. The number of ether oxygens (including phenoxy) is 1. The lowest BCUT2D eigenvalue weighted by atomic mass is 10.0. The van der Waals surface area contributed by atoms with Crippen LogP contribution in [0.15, 0.2) is 46.2 Å². The zero-order valence-corrected chi connectivity index (χ0v) is 19.6. The Labute approximate surface area is 192 Å². The van der Waals surface area contributed by atoms with Crippen LogP contribution < -0.4 is 10.2 Å². The minimum Gasteiger partial charge on any atom is -0.378 e. The van der Waals surface area contributed by atoms with Crippen LogP contribution in [0.4, 0.5) is 10.1 Å². The summed E-state index contributed by atoms with van der Waals surface area (Å²) >= 11 is 1.63. The number of rotatable bonds is 5. The Hall–Kier alpha value is -2.14. The van der Waals surface area contributed by atoms with Gasteiger partial charge in [-0.05, 0) is 48.4 Å². The highest BCUT2D eigenvalue weighted by Gasteiger charge is 2.28. The maximum Gasteiger partial charge on any atom is 0.253 e. The summed E-state index contributed by atoms with van der Waals surface area (Å²) in [5.74, 6) is 0.0718. The van der Waals surface area contributed by atoms with Crippen LogP contribution in [0.2, 0.25) is 0 Å². The van der Waals surface area contributed by atoms with Crippen molar-refractivity contribution >= 4 is 33.4 Å². The van der Waals surface area contributed by atoms with E-state index in [1.54, 1.807) is 23.9 Å². The van der Waals surface area contributed by atoms with Gasteiger partial charge >= 0.3 is 0 Å². The molecule has 0 saturated carbocycles. The Morgan fingerprint density at radius 3 is 2.66 bits per heavy atom. The molecule has 0 aromatic heterocycles. The van der Waals surface area contributed by atoms with Crippen LogP contribution in [-0.2, 0) is 14.8 Å². The molecule has 0 spiro atoms. The molecule has 2 aromatic rings. The predicted molar refractivity (Wildman–Crippen MR) is 122 cm³/mol. The lowest BCUT2D eigenvalue weighted by molar-refractivity contribution is 0.0933. The van der Waals surface area contributed by atoms with Crippen LogP contribution in [0.3, 0.4) is 0 Å². The topological polar surface area (TPSA) is 79.0 Å². The second kappa shape index (κ2) is 9.38. The fourth-order valence-corrected chi connectivity index (χ4v) is 5.93. The second-order valence-electron chi connectivity index (χ2n) is 7.91. The van der Waals surface area contributed by atoms with Gasteiger partial charge in [-0.15, -0.1) is 11.8 Å². The normalized spacial score (nSPS) is 19.0. The standard InChI is InChI=1S/C22H26FN3O4S2/c1-25(2)32(28,29)16-4-5-20(26-8-10-30-11-9-26)18(14-16)22(27)24-19-7-12-31-21-6-3-15(23)13-17(19)21/h3-6,13-14,19H,7-12H2,1-2H3,(H,24,27)/t19-/m0/s1. The molecule has 1 fully saturated rings. The molecule has 0 radical (unpaired) electrons. The maximum atomic E-state index is 13.9. The van der Waals surface area contributed by atoms with Crippen molar-refractivity contribution in [1.29, 1.82) is 0 Å². The molecule has 2 heterocycles. The van der Waals surface area contributed by atoms with E-state index in [2.05, 4.69) is 5.32 Å². The lowest BCUT2D eigenvalue weighted by Gasteiger charge is -2.31. The molecular weight excluding hydrogens is 453 g/mol. The van der Waals surface area contributed by atoms with Crippen LogP contribution in [0, 0.1) is 5.82 Å². The molecule has 7 nitrogen and oxygen atoms in total. The number of morpholine rings is 1. The summed E-state index contributed by atoms with van der Waals surface area (Å²) in [6.45, 7) is 2.28. The third-order valence-corrected chi connectivity index (χ3v) is 8.59. The van der Waals surface area contributed by atoms with E-state index in [1.807, 2.05) is 4.90 Å². The smallest absolute Gasteiger partial charge is 0.253 e. The van der Waals surface area contributed by atoms with Gasteiger partial charge in [0.05, 0.1) is 29.7 Å². The SMILES string of the molecule is CN(C)S(=O)(=O)c1ccc(N2CCOCC2)c(C(=O)N[C@H]2CCSc3ccc(F)cc32)c1. The van der Waals surface area contributed by atoms with Crippen LogP contribution in [0.25, 0.3) is 0 Å². The van der Waals surface area contributed by atoms with E-state index in [0.717, 1.165) is 20.5 Å². The minimum absolute atomic E-state index is 0.0512. The van der Waals surface area contributed by atoms with Gasteiger partial charge in [0.15, 0.2) is 0 Å². The van der Waals surface area contributed by atoms with Gasteiger partial charge in [-0.25, -0.2) is 17.1 Å². The Bertz CT molecular complexity index is 1120. The van der Waals surface area contributed by atoms with Crippen molar-refractivity contribution in [2.45, 2.75) is 22.3 Å². The number of amides is 1. The summed E-state index contributed by atoms with van der Waals surface area (Å²) in [5.41, 5.74) is 1.69. The van der Waals surface area contributed by atoms with E-state index in [4.69, 9.17) is 4.74 Å². The number of nitrogens with one attached hydrogen (secondary N) is 1. The Morgan fingerprint density at radius 1 is 1.19 bits per heavy atom. The van der Waals surface area contributed by atoms with Gasteiger partial charge in [-0.2, -0.15) is 0 Å². The average molecular weight is 480 g/mol. The first-order valence-corrected chi connectivity index (χ1v) is 12.8. The Kier molecular flexibility index (Phi) is 6.75. The molecule has 10 heteroatoms. The summed E-state index contributed by atoms with van der Waals surface area (Å²) in [7, 11) is -0.802. The number of benzene rings is 2. The summed E-state index contributed by atoms with van der Waals surface area (Å²) < 4.78 is 45.8. The molecule has 0 unspecified atom stereocenters. The third kappa shape index (κ3) is 4.63. The van der Waals surface area contributed by atoms with Crippen LogP contribution >= 0.6 is 11.8 Å². The zero-order valence-electron chi connectivity index (χ0n) is 18.0. The van der Waals surface area contributed by atoms with Gasteiger partial charge in [0.2, 0.25) is 10.0 Å². The minimum atomic E-state index is -3.71. The number of hydrogen-bond acceptors (Lipinski definition) is 6. The summed E-state index contributed by atoms with van der Waals surface area (Å²) in [6, 6.07) is 8.90.